The van der Waals surface area contributed by atoms with Crippen LogP contribution in [0.5, 0.6) is 0 Å². The summed E-state index contributed by atoms with van der Waals surface area (Å²) in [4.78, 5) is 25.6. The molecular weight excluding hydrogens is 388 g/mol. The number of carbonyl (C=O) groups excluding carboxylic acids is 1. The first-order chi connectivity index (χ1) is 15.1. The van der Waals surface area contributed by atoms with E-state index in [1.165, 1.54) is 5.56 Å². The summed E-state index contributed by atoms with van der Waals surface area (Å²) in [6, 6.07) is 15.0. The van der Waals surface area contributed by atoms with Crippen LogP contribution in [0.4, 0.5) is 5.95 Å². The first-order valence-electron chi connectivity index (χ1n) is 11.2. The summed E-state index contributed by atoms with van der Waals surface area (Å²) in [6.45, 7) is 8.81. The van der Waals surface area contributed by atoms with E-state index in [9.17, 15) is 4.79 Å². The molecule has 7 heteroatoms. The Labute approximate surface area is 184 Å². The Balaban J connectivity index is 1.42. The van der Waals surface area contributed by atoms with Gasteiger partial charge < -0.3 is 10.2 Å². The van der Waals surface area contributed by atoms with Crippen molar-refractivity contribution in [2.24, 2.45) is 0 Å². The number of benzene rings is 1. The average Bonchev–Trinajstić information content (AvgIpc) is 3.13. The second-order valence-corrected chi connectivity index (χ2v) is 8.21. The maximum Gasteiger partial charge on any atom is 0.219 e. The van der Waals surface area contributed by atoms with Crippen LogP contribution in [0.25, 0.3) is 11.2 Å². The van der Waals surface area contributed by atoms with Crippen LogP contribution in [-0.2, 0) is 17.9 Å². The van der Waals surface area contributed by atoms with Gasteiger partial charge in [0.1, 0.15) is 5.52 Å². The van der Waals surface area contributed by atoms with Crippen molar-refractivity contribution in [3.63, 3.8) is 0 Å². The van der Waals surface area contributed by atoms with Crippen molar-refractivity contribution in [2.45, 2.75) is 45.8 Å². The van der Waals surface area contributed by atoms with Crippen LogP contribution in [0.3, 0.4) is 0 Å². The van der Waals surface area contributed by atoms with E-state index in [4.69, 9.17) is 4.98 Å². The molecule has 0 unspecified atom stereocenters. The zero-order valence-corrected chi connectivity index (χ0v) is 18.5. The lowest BCUT2D eigenvalue weighted by molar-refractivity contribution is -0.128. The van der Waals surface area contributed by atoms with Gasteiger partial charge in [0.15, 0.2) is 5.65 Å². The Morgan fingerprint density at radius 3 is 2.65 bits per heavy atom. The Morgan fingerprint density at radius 2 is 1.94 bits per heavy atom. The molecular formula is C24H32N6O. The van der Waals surface area contributed by atoms with E-state index in [0.29, 0.717) is 25.7 Å². The number of hydrogen-bond donors (Lipinski definition) is 1. The number of likely N-dealkylation sites (tertiary alicyclic amines) is 1. The third-order valence-electron chi connectivity index (χ3n) is 6.09. The highest BCUT2D eigenvalue weighted by molar-refractivity contribution is 5.75. The minimum Gasteiger partial charge on any atom is -0.353 e. The van der Waals surface area contributed by atoms with E-state index < -0.39 is 0 Å². The fourth-order valence-corrected chi connectivity index (χ4v) is 4.30. The predicted octanol–water partition coefficient (Wildman–Crippen LogP) is 3.38. The number of imidazole rings is 1. The number of aromatic nitrogens is 3. The van der Waals surface area contributed by atoms with Gasteiger partial charge in [-0.15, -0.1) is 0 Å². The molecule has 31 heavy (non-hydrogen) atoms. The lowest BCUT2D eigenvalue weighted by atomic mass is 10.0. The number of amides is 1. The molecule has 1 aliphatic rings. The molecule has 2 aromatic heterocycles. The number of hydrogen-bond acceptors (Lipinski definition) is 5. The zero-order valence-electron chi connectivity index (χ0n) is 18.5. The number of fused-ring (bicyclic) bond motifs is 1. The van der Waals surface area contributed by atoms with Gasteiger partial charge in [-0.3, -0.25) is 14.3 Å². The molecule has 4 rings (SSSR count). The molecule has 1 fully saturated rings. The van der Waals surface area contributed by atoms with Crippen LogP contribution in [0.15, 0.2) is 48.7 Å². The number of anilines is 1. The highest BCUT2D eigenvalue weighted by atomic mass is 16.2. The average molecular weight is 421 g/mol. The molecule has 0 saturated carbocycles. The number of rotatable bonds is 8. The number of nitrogens with one attached hydrogen (secondary N) is 1. The van der Waals surface area contributed by atoms with E-state index in [-0.39, 0.29) is 5.91 Å². The Bertz CT molecular complexity index is 994. The first-order valence-corrected chi connectivity index (χ1v) is 11.2. The van der Waals surface area contributed by atoms with Gasteiger partial charge >= 0.3 is 0 Å². The molecule has 0 spiro atoms. The van der Waals surface area contributed by atoms with Gasteiger partial charge in [0.2, 0.25) is 11.9 Å². The lowest BCUT2D eigenvalue weighted by Gasteiger charge is -2.32. The summed E-state index contributed by atoms with van der Waals surface area (Å²) in [5, 5.41) is 3.68. The predicted molar refractivity (Wildman–Crippen MR) is 124 cm³/mol. The number of likely N-dealkylation sites (N-methyl/N-ethyl adjacent to an activating group) is 1. The summed E-state index contributed by atoms with van der Waals surface area (Å²) < 4.78 is 2.12. The summed E-state index contributed by atoms with van der Waals surface area (Å²) >= 11 is 0. The smallest absolute Gasteiger partial charge is 0.219 e. The third-order valence-corrected chi connectivity index (χ3v) is 6.09. The maximum atomic E-state index is 11.8. The minimum absolute atomic E-state index is 0.0974. The van der Waals surface area contributed by atoms with Crippen LogP contribution in [-0.4, -0.2) is 62.5 Å². The fourth-order valence-electron chi connectivity index (χ4n) is 4.30. The molecule has 0 bridgehead atoms. The highest BCUT2D eigenvalue weighted by Gasteiger charge is 2.22. The highest BCUT2D eigenvalue weighted by Crippen LogP contribution is 2.22. The van der Waals surface area contributed by atoms with Gasteiger partial charge in [-0.1, -0.05) is 30.3 Å². The Kier molecular flexibility index (Phi) is 6.82. The van der Waals surface area contributed by atoms with Crippen molar-refractivity contribution in [1.29, 1.82) is 0 Å². The number of carbonyl (C=O) groups is 1. The summed E-state index contributed by atoms with van der Waals surface area (Å²) in [7, 11) is 0. The second-order valence-electron chi connectivity index (χ2n) is 8.21. The van der Waals surface area contributed by atoms with Gasteiger partial charge in [-0.05, 0) is 37.5 Å². The van der Waals surface area contributed by atoms with Gasteiger partial charge in [0.25, 0.3) is 0 Å². The SMILES string of the molecule is CCN(CCn1c(NC2CCN(Cc3ccccc3)CC2)nc2cccnc21)C(C)=O. The van der Waals surface area contributed by atoms with Crippen molar-refractivity contribution in [1.82, 2.24) is 24.3 Å². The molecule has 164 valence electrons. The minimum atomic E-state index is 0.0974. The Morgan fingerprint density at radius 1 is 1.16 bits per heavy atom. The normalized spacial score (nSPS) is 15.3. The monoisotopic (exact) mass is 420 g/mol. The molecule has 3 aromatic rings. The molecule has 0 aliphatic carbocycles. The standard InChI is InChI=1S/C24H32N6O/c1-3-29(19(2)31)16-17-30-23-22(10-7-13-25-23)27-24(30)26-21-11-14-28(15-12-21)18-20-8-5-4-6-9-20/h4-10,13,21H,3,11-12,14-18H2,1-2H3,(H,26,27). The summed E-state index contributed by atoms with van der Waals surface area (Å²) in [5.74, 6) is 0.954. The molecule has 3 heterocycles. The van der Waals surface area contributed by atoms with E-state index in [1.807, 2.05) is 24.0 Å². The van der Waals surface area contributed by atoms with Crippen LogP contribution in [0.2, 0.25) is 0 Å². The molecule has 1 aromatic carbocycles. The molecule has 1 aliphatic heterocycles. The molecule has 7 nitrogen and oxygen atoms in total. The van der Waals surface area contributed by atoms with Crippen molar-refractivity contribution < 1.29 is 4.79 Å². The van der Waals surface area contributed by atoms with Crippen LogP contribution < -0.4 is 5.32 Å². The molecule has 0 atom stereocenters. The summed E-state index contributed by atoms with van der Waals surface area (Å²) in [5.41, 5.74) is 3.12. The van der Waals surface area contributed by atoms with E-state index in [0.717, 1.165) is 49.6 Å². The number of nitrogens with zero attached hydrogens (tertiary/aromatic N) is 5. The second kappa shape index (κ2) is 9.92. The maximum absolute atomic E-state index is 11.8. The van der Waals surface area contributed by atoms with Gasteiger partial charge in [-0.25, -0.2) is 9.97 Å². The first kappa shape index (κ1) is 21.3. The van der Waals surface area contributed by atoms with Crippen molar-refractivity contribution in [3.05, 3.63) is 54.2 Å². The number of pyridine rings is 1. The van der Waals surface area contributed by atoms with E-state index >= 15 is 0 Å². The van der Waals surface area contributed by atoms with Crippen molar-refractivity contribution in [2.75, 3.05) is 31.5 Å². The molecule has 1 N–H and O–H groups in total. The third kappa shape index (κ3) is 5.22. The van der Waals surface area contributed by atoms with Gasteiger partial charge in [-0.2, -0.15) is 0 Å². The quantitative estimate of drug-likeness (QED) is 0.605. The van der Waals surface area contributed by atoms with Crippen molar-refractivity contribution >= 4 is 23.0 Å². The van der Waals surface area contributed by atoms with Crippen LogP contribution >= 0.6 is 0 Å². The molecule has 1 amide bonds. The van der Waals surface area contributed by atoms with Crippen LogP contribution in [0.1, 0.15) is 32.3 Å². The van der Waals surface area contributed by atoms with Crippen LogP contribution in [0, 0.1) is 0 Å². The molecule has 0 radical (unpaired) electrons. The van der Waals surface area contributed by atoms with Gasteiger partial charge in [0, 0.05) is 58.4 Å². The van der Waals surface area contributed by atoms with E-state index in [1.54, 1.807) is 13.1 Å². The van der Waals surface area contributed by atoms with Gasteiger partial charge in [0.05, 0.1) is 0 Å². The van der Waals surface area contributed by atoms with E-state index in [2.05, 4.69) is 50.1 Å². The lowest BCUT2D eigenvalue weighted by Crippen LogP contribution is -2.39. The molecule has 1 saturated heterocycles. The zero-order chi connectivity index (χ0) is 21.6. The largest absolute Gasteiger partial charge is 0.353 e. The Hall–Kier alpha value is -2.93. The topological polar surface area (TPSA) is 66.3 Å². The fraction of sp³-hybridized carbons (Fsp3) is 0.458. The summed E-state index contributed by atoms with van der Waals surface area (Å²) in [6.07, 6.45) is 3.96. The number of piperidine rings is 1. The van der Waals surface area contributed by atoms with Crippen molar-refractivity contribution in [3.8, 4) is 0 Å².